The first-order valence-corrected chi connectivity index (χ1v) is 13.2. The van der Waals surface area contributed by atoms with E-state index in [2.05, 4.69) is 88.1 Å². The van der Waals surface area contributed by atoms with Crippen LogP contribution in [0.4, 0.5) is 0 Å². The lowest BCUT2D eigenvalue weighted by Gasteiger charge is -2.44. The Morgan fingerprint density at radius 3 is 2.00 bits per heavy atom. The zero-order valence-corrected chi connectivity index (χ0v) is 20.4. The Balaban J connectivity index is 2.48. The van der Waals surface area contributed by atoms with E-state index in [0.29, 0.717) is 6.42 Å². The lowest BCUT2D eigenvalue weighted by Crippen LogP contribution is -2.67. The van der Waals surface area contributed by atoms with Crippen LogP contribution in [-0.4, -0.2) is 20.7 Å². The SMILES string of the molecule is CCCCCC#CC[C@@H](/C=C/C=O)O[Si](c1ccccc1)(c1ccccc1)C(C)(C)C. The fraction of sp³-hybridized carbons (Fsp3) is 0.393. The second-order valence-electron chi connectivity index (χ2n) is 8.86. The fourth-order valence-corrected chi connectivity index (χ4v) is 8.59. The van der Waals surface area contributed by atoms with Gasteiger partial charge in [-0.3, -0.25) is 4.79 Å². The van der Waals surface area contributed by atoms with Crippen molar-refractivity contribution < 1.29 is 9.22 Å². The van der Waals surface area contributed by atoms with Crippen LogP contribution in [0.1, 0.15) is 59.8 Å². The number of hydrogen-bond donors (Lipinski definition) is 0. The summed E-state index contributed by atoms with van der Waals surface area (Å²) in [6.07, 6.45) is 9.03. The molecule has 2 rings (SSSR count). The van der Waals surface area contributed by atoms with E-state index in [9.17, 15) is 4.79 Å². The zero-order valence-electron chi connectivity index (χ0n) is 19.4. The molecule has 0 aliphatic carbocycles. The molecule has 2 aromatic carbocycles. The van der Waals surface area contributed by atoms with Crippen molar-refractivity contribution in [2.24, 2.45) is 0 Å². The molecule has 0 N–H and O–H groups in total. The van der Waals surface area contributed by atoms with Crippen molar-refractivity contribution in [3.8, 4) is 11.8 Å². The molecule has 164 valence electrons. The van der Waals surface area contributed by atoms with Crippen molar-refractivity contribution in [3.63, 3.8) is 0 Å². The Labute approximate surface area is 189 Å². The summed E-state index contributed by atoms with van der Waals surface area (Å²) in [5.74, 6) is 6.60. The van der Waals surface area contributed by atoms with E-state index in [1.165, 1.54) is 23.2 Å². The molecule has 0 saturated carbocycles. The first-order chi connectivity index (χ1) is 15.0. The van der Waals surface area contributed by atoms with E-state index in [0.717, 1.165) is 19.1 Å². The third-order valence-electron chi connectivity index (χ3n) is 5.48. The second kappa shape index (κ2) is 12.4. The molecule has 0 amide bonds. The Kier molecular flexibility index (Phi) is 9.98. The van der Waals surface area contributed by atoms with Gasteiger partial charge in [0.2, 0.25) is 0 Å². The minimum atomic E-state index is -2.68. The van der Waals surface area contributed by atoms with Crippen LogP contribution in [0.2, 0.25) is 5.04 Å². The predicted molar refractivity (Wildman–Crippen MR) is 134 cm³/mol. The molecule has 2 aromatic rings. The third kappa shape index (κ3) is 6.79. The van der Waals surface area contributed by atoms with E-state index < -0.39 is 8.32 Å². The number of carbonyl (C=O) groups excluding carboxylic acids is 1. The molecule has 2 nitrogen and oxygen atoms in total. The van der Waals surface area contributed by atoms with E-state index in [-0.39, 0.29) is 11.1 Å². The van der Waals surface area contributed by atoms with Crippen LogP contribution in [0.15, 0.2) is 72.8 Å². The van der Waals surface area contributed by atoms with Gasteiger partial charge in [0.05, 0.1) is 6.10 Å². The molecule has 3 heteroatoms. The molecule has 0 fully saturated rings. The lowest BCUT2D eigenvalue weighted by molar-refractivity contribution is -0.104. The van der Waals surface area contributed by atoms with Crippen molar-refractivity contribution in [2.45, 2.75) is 70.9 Å². The van der Waals surface area contributed by atoms with Crippen molar-refractivity contribution in [2.75, 3.05) is 0 Å². The summed E-state index contributed by atoms with van der Waals surface area (Å²) in [7, 11) is -2.68. The summed E-state index contributed by atoms with van der Waals surface area (Å²) in [5.41, 5.74) is 0. The first-order valence-electron chi connectivity index (χ1n) is 11.3. The van der Waals surface area contributed by atoms with Crippen LogP contribution in [0.25, 0.3) is 0 Å². The van der Waals surface area contributed by atoms with Gasteiger partial charge in [-0.25, -0.2) is 0 Å². The van der Waals surface area contributed by atoms with Gasteiger partial charge in [-0.1, -0.05) is 107 Å². The van der Waals surface area contributed by atoms with E-state index >= 15 is 0 Å². The van der Waals surface area contributed by atoms with E-state index in [1.54, 1.807) is 6.08 Å². The minimum Gasteiger partial charge on any atom is -0.400 e. The zero-order chi connectivity index (χ0) is 22.6. The number of aldehydes is 1. The summed E-state index contributed by atoms with van der Waals surface area (Å²) < 4.78 is 7.10. The van der Waals surface area contributed by atoms with Crippen LogP contribution < -0.4 is 10.4 Å². The monoisotopic (exact) mass is 432 g/mol. The number of allylic oxidation sites excluding steroid dienone is 1. The topological polar surface area (TPSA) is 26.3 Å². The van der Waals surface area contributed by atoms with Gasteiger partial charge in [-0.05, 0) is 27.9 Å². The van der Waals surface area contributed by atoms with Crippen molar-refractivity contribution in [1.82, 2.24) is 0 Å². The summed E-state index contributed by atoms with van der Waals surface area (Å²) in [6, 6.07) is 21.1. The maximum Gasteiger partial charge on any atom is 0.261 e. The highest BCUT2D eigenvalue weighted by molar-refractivity contribution is 6.99. The molecular formula is C28H36O2Si. The summed E-state index contributed by atoms with van der Waals surface area (Å²) in [5, 5.41) is 2.35. The first kappa shape index (κ1) is 24.9. The highest BCUT2D eigenvalue weighted by Crippen LogP contribution is 2.37. The minimum absolute atomic E-state index is 0.114. The number of hydrogen-bond acceptors (Lipinski definition) is 2. The summed E-state index contributed by atoms with van der Waals surface area (Å²) in [6.45, 7) is 8.98. The molecule has 0 saturated heterocycles. The van der Waals surface area contributed by atoms with Crippen molar-refractivity contribution in [3.05, 3.63) is 72.8 Å². The molecule has 0 unspecified atom stereocenters. The van der Waals surface area contributed by atoms with Crippen molar-refractivity contribution in [1.29, 1.82) is 0 Å². The standard InChI is InChI=1S/C28H36O2Si/c1-5-6-7-8-9-12-18-25(19-17-24-29)30-31(28(2,3)4,26-20-13-10-14-21-26)27-22-15-11-16-23-27/h10-11,13-17,19-25H,5-8,18H2,1-4H3/b19-17+/t25-/m0/s1. The molecule has 0 aliphatic heterocycles. The Morgan fingerprint density at radius 1 is 0.935 bits per heavy atom. The largest absolute Gasteiger partial charge is 0.400 e. The number of carbonyl (C=O) groups is 1. The maximum absolute atomic E-state index is 11.1. The molecule has 0 aliphatic rings. The highest BCUT2D eigenvalue weighted by Gasteiger charge is 2.51. The van der Waals surface area contributed by atoms with E-state index in [4.69, 9.17) is 4.43 Å². The smallest absolute Gasteiger partial charge is 0.261 e. The van der Waals surface area contributed by atoms with Crippen LogP contribution in [0.3, 0.4) is 0 Å². The predicted octanol–water partition coefficient (Wildman–Crippen LogP) is 5.66. The normalized spacial score (nSPS) is 12.9. The van der Waals surface area contributed by atoms with E-state index in [1.807, 2.05) is 18.2 Å². The molecule has 0 heterocycles. The van der Waals surface area contributed by atoms with Gasteiger partial charge in [0, 0.05) is 12.8 Å². The molecule has 1 atom stereocenters. The van der Waals surface area contributed by atoms with Crippen LogP contribution in [0, 0.1) is 11.8 Å². The van der Waals surface area contributed by atoms with Gasteiger partial charge in [0.15, 0.2) is 0 Å². The van der Waals surface area contributed by atoms with Gasteiger partial charge in [0.25, 0.3) is 8.32 Å². The third-order valence-corrected chi connectivity index (χ3v) is 10.5. The number of unbranched alkanes of at least 4 members (excludes halogenated alkanes) is 3. The van der Waals surface area contributed by atoms with Gasteiger partial charge in [-0.2, -0.15) is 0 Å². The lowest BCUT2D eigenvalue weighted by atomic mass is 10.2. The van der Waals surface area contributed by atoms with Crippen LogP contribution >= 0.6 is 0 Å². The maximum atomic E-state index is 11.1. The van der Waals surface area contributed by atoms with Gasteiger partial charge >= 0.3 is 0 Å². The average Bonchev–Trinajstić information content (AvgIpc) is 2.77. The van der Waals surface area contributed by atoms with Gasteiger partial charge < -0.3 is 4.43 Å². The van der Waals surface area contributed by atoms with Crippen LogP contribution in [-0.2, 0) is 9.22 Å². The molecule has 0 bridgehead atoms. The molecule has 31 heavy (non-hydrogen) atoms. The molecule has 0 spiro atoms. The van der Waals surface area contributed by atoms with Crippen LogP contribution in [0.5, 0.6) is 0 Å². The molecule has 0 radical (unpaired) electrons. The quantitative estimate of drug-likeness (QED) is 0.159. The summed E-state index contributed by atoms with van der Waals surface area (Å²) >= 11 is 0. The van der Waals surface area contributed by atoms with Gasteiger partial charge in [-0.15, -0.1) is 11.8 Å². The highest BCUT2D eigenvalue weighted by atomic mass is 28.4. The summed E-state index contributed by atoms with van der Waals surface area (Å²) in [4.78, 5) is 11.1. The van der Waals surface area contributed by atoms with Crippen molar-refractivity contribution >= 4 is 25.0 Å². The van der Waals surface area contributed by atoms with Gasteiger partial charge in [0.1, 0.15) is 6.29 Å². The Hall–Kier alpha value is -2.41. The number of benzene rings is 2. The second-order valence-corrected chi connectivity index (χ2v) is 13.1. The fourth-order valence-electron chi connectivity index (χ4n) is 3.96. The number of rotatable bonds is 10. The average molecular weight is 433 g/mol. The molecule has 0 aromatic heterocycles. The Bertz CT molecular complexity index is 830. The molecular weight excluding hydrogens is 396 g/mol. The Morgan fingerprint density at radius 2 is 1.52 bits per heavy atom.